The molecule has 0 bridgehead atoms. The second-order valence-corrected chi connectivity index (χ2v) is 11.8. The van der Waals surface area contributed by atoms with E-state index in [-0.39, 0.29) is 11.2 Å². The van der Waals surface area contributed by atoms with Crippen LogP contribution in [0.5, 0.6) is 0 Å². The Kier molecular flexibility index (Phi) is 5.63. The summed E-state index contributed by atoms with van der Waals surface area (Å²) in [5.41, 5.74) is 11.0. The summed E-state index contributed by atoms with van der Waals surface area (Å²) in [7, 11) is 0. The number of rotatable bonds is 4. The van der Waals surface area contributed by atoms with Gasteiger partial charge in [0.05, 0.1) is 11.4 Å². The molecule has 7 aromatic rings. The van der Waals surface area contributed by atoms with E-state index in [1.807, 2.05) is 66.7 Å². The number of anilines is 3. The van der Waals surface area contributed by atoms with Gasteiger partial charge >= 0.3 is 0 Å². The molecular weight excluding hydrogens is 526 g/mol. The van der Waals surface area contributed by atoms with Gasteiger partial charge in [-0.05, 0) is 52.6 Å². The van der Waals surface area contributed by atoms with Gasteiger partial charge in [-0.25, -0.2) is 0 Å². The van der Waals surface area contributed by atoms with Gasteiger partial charge in [-0.15, -0.1) is 0 Å². The average Bonchev–Trinajstić information content (AvgIpc) is 3.42. The molecule has 2 heterocycles. The van der Waals surface area contributed by atoms with Crippen LogP contribution >= 0.6 is 0 Å². The largest absolute Gasteiger partial charge is 0.456 e. The van der Waals surface area contributed by atoms with Crippen LogP contribution in [-0.2, 0) is 5.41 Å². The van der Waals surface area contributed by atoms with E-state index in [9.17, 15) is 4.79 Å². The van der Waals surface area contributed by atoms with Crippen LogP contribution < -0.4 is 4.90 Å². The lowest BCUT2D eigenvalue weighted by Gasteiger charge is -2.42. The van der Waals surface area contributed by atoms with Gasteiger partial charge < -0.3 is 9.32 Å². The van der Waals surface area contributed by atoms with Crippen molar-refractivity contribution in [2.24, 2.45) is 0 Å². The molecule has 206 valence electrons. The average molecular weight is 556 g/mol. The van der Waals surface area contributed by atoms with Crippen molar-refractivity contribution in [3.8, 4) is 11.1 Å². The van der Waals surface area contributed by atoms with Crippen LogP contribution in [0.4, 0.5) is 17.1 Å². The maximum Gasteiger partial charge on any atom is 0.193 e. The minimum atomic E-state index is -0.201. The van der Waals surface area contributed by atoms with E-state index in [0.29, 0.717) is 11.1 Å². The van der Waals surface area contributed by atoms with Crippen molar-refractivity contribution in [2.75, 3.05) is 4.90 Å². The summed E-state index contributed by atoms with van der Waals surface area (Å²) >= 11 is 0. The molecule has 0 saturated carbocycles. The molecule has 0 N–H and O–H groups in total. The predicted octanol–water partition coefficient (Wildman–Crippen LogP) is 10.6. The molecule has 0 aliphatic carbocycles. The number of nitrogens with zero attached hydrogens (tertiary/aromatic N) is 1. The van der Waals surface area contributed by atoms with E-state index in [1.165, 1.54) is 11.1 Å². The predicted molar refractivity (Wildman–Crippen MR) is 176 cm³/mol. The van der Waals surface area contributed by atoms with E-state index in [4.69, 9.17) is 4.42 Å². The number of carbonyl (C=O) groups excluding carboxylic acids is 1. The fourth-order valence-corrected chi connectivity index (χ4v) is 6.59. The number of benzene rings is 6. The molecule has 6 aromatic carbocycles. The molecule has 1 aromatic heterocycles. The smallest absolute Gasteiger partial charge is 0.193 e. The van der Waals surface area contributed by atoms with Crippen molar-refractivity contribution in [1.29, 1.82) is 0 Å². The molecule has 0 spiro atoms. The molecule has 0 atom stereocenters. The first kappa shape index (κ1) is 25.3. The molecule has 1 aliphatic rings. The molecule has 3 heteroatoms. The minimum Gasteiger partial charge on any atom is -0.456 e. The minimum absolute atomic E-state index is 0.0296. The van der Waals surface area contributed by atoms with Crippen molar-refractivity contribution in [3.63, 3.8) is 0 Å². The van der Waals surface area contributed by atoms with Crippen LogP contribution in [0, 0.1) is 0 Å². The van der Waals surface area contributed by atoms with Crippen molar-refractivity contribution in [3.05, 3.63) is 162 Å². The van der Waals surface area contributed by atoms with E-state index in [0.717, 1.165) is 50.1 Å². The lowest BCUT2D eigenvalue weighted by molar-refractivity contribution is 0.103. The van der Waals surface area contributed by atoms with E-state index in [2.05, 4.69) is 91.5 Å². The van der Waals surface area contributed by atoms with Crippen LogP contribution in [0.25, 0.3) is 33.1 Å². The monoisotopic (exact) mass is 555 g/mol. The zero-order valence-electron chi connectivity index (χ0n) is 24.0. The Hall–Kier alpha value is -5.41. The van der Waals surface area contributed by atoms with Crippen LogP contribution in [-0.4, -0.2) is 5.78 Å². The number of carbonyl (C=O) groups is 1. The maximum atomic E-state index is 13.0. The first-order valence-corrected chi connectivity index (χ1v) is 14.6. The van der Waals surface area contributed by atoms with Gasteiger partial charge in [0.1, 0.15) is 11.2 Å². The van der Waals surface area contributed by atoms with Crippen LogP contribution in [0.15, 0.2) is 144 Å². The third kappa shape index (κ3) is 4.00. The van der Waals surface area contributed by atoms with Crippen molar-refractivity contribution >= 4 is 44.8 Å². The lowest BCUT2D eigenvalue weighted by atomic mass is 9.73. The Bertz CT molecular complexity index is 2170. The van der Waals surface area contributed by atoms with Crippen molar-refractivity contribution in [1.82, 2.24) is 0 Å². The van der Waals surface area contributed by atoms with Gasteiger partial charge in [0.2, 0.25) is 0 Å². The molecular formula is C40H29NO2. The summed E-state index contributed by atoms with van der Waals surface area (Å²) < 4.78 is 6.36. The van der Waals surface area contributed by atoms with Gasteiger partial charge in [0, 0.05) is 39.1 Å². The highest BCUT2D eigenvalue weighted by Crippen LogP contribution is 2.53. The second kappa shape index (κ2) is 9.57. The third-order valence-corrected chi connectivity index (χ3v) is 8.85. The molecule has 43 heavy (non-hydrogen) atoms. The van der Waals surface area contributed by atoms with E-state index < -0.39 is 0 Å². The van der Waals surface area contributed by atoms with Gasteiger partial charge in [0.15, 0.2) is 5.78 Å². The normalized spacial score (nSPS) is 13.6. The molecule has 0 fully saturated rings. The fraction of sp³-hybridized carbons (Fsp3) is 0.0750. The SMILES string of the molecule is CC1(C)c2ccccc2N(c2cccc(-c3ccc(C(=O)c4ccccc4)cc3)c2)c2cc3oc4ccccc4c3cc21. The van der Waals surface area contributed by atoms with Gasteiger partial charge in [-0.2, -0.15) is 0 Å². The number of ketones is 1. The van der Waals surface area contributed by atoms with E-state index >= 15 is 0 Å². The van der Waals surface area contributed by atoms with Crippen LogP contribution in [0.3, 0.4) is 0 Å². The maximum absolute atomic E-state index is 13.0. The molecule has 3 nitrogen and oxygen atoms in total. The van der Waals surface area contributed by atoms with Crippen LogP contribution in [0.1, 0.15) is 40.9 Å². The lowest BCUT2D eigenvalue weighted by Crippen LogP contribution is -2.30. The Balaban J connectivity index is 1.26. The molecule has 0 saturated heterocycles. The van der Waals surface area contributed by atoms with Crippen molar-refractivity contribution < 1.29 is 9.21 Å². The Morgan fingerprint density at radius 3 is 2.12 bits per heavy atom. The zero-order valence-corrected chi connectivity index (χ0v) is 24.0. The standard InChI is InChI=1S/C40H29NO2/c1-40(2)33-16-7-8-17-35(33)41(36-25-38-32(24-34(36)40)31-15-6-9-18-37(31)43-38)30-14-10-13-29(23-30)26-19-21-28(22-20-26)39(42)27-11-4-3-5-12-27/h3-25H,1-2H3. The highest BCUT2D eigenvalue weighted by molar-refractivity contribution is 6.09. The molecule has 0 unspecified atom stereocenters. The number of hydrogen-bond donors (Lipinski definition) is 0. The van der Waals surface area contributed by atoms with Crippen molar-refractivity contribution in [2.45, 2.75) is 19.3 Å². The fourth-order valence-electron chi connectivity index (χ4n) is 6.59. The van der Waals surface area contributed by atoms with Crippen LogP contribution in [0.2, 0.25) is 0 Å². The summed E-state index contributed by atoms with van der Waals surface area (Å²) in [6.45, 7) is 4.62. The number of hydrogen-bond acceptors (Lipinski definition) is 3. The summed E-state index contributed by atoms with van der Waals surface area (Å²) in [6.07, 6.45) is 0. The summed E-state index contributed by atoms with van der Waals surface area (Å²) in [4.78, 5) is 15.3. The highest BCUT2D eigenvalue weighted by Gasteiger charge is 2.37. The summed E-state index contributed by atoms with van der Waals surface area (Å²) in [6, 6.07) is 47.4. The molecule has 8 rings (SSSR count). The third-order valence-electron chi connectivity index (χ3n) is 8.85. The topological polar surface area (TPSA) is 33.5 Å². The van der Waals surface area contributed by atoms with Gasteiger partial charge in [-0.1, -0.05) is 117 Å². The van der Waals surface area contributed by atoms with Gasteiger partial charge in [0.25, 0.3) is 0 Å². The molecule has 0 amide bonds. The zero-order chi connectivity index (χ0) is 29.1. The second-order valence-electron chi connectivity index (χ2n) is 11.8. The van der Waals surface area contributed by atoms with Gasteiger partial charge in [-0.3, -0.25) is 4.79 Å². The highest BCUT2D eigenvalue weighted by atomic mass is 16.3. The quantitative estimate of drug-likeness (QED) is 0.203. The Morgan fingerprint density at radius 2 is 1.28 bits per heavy atom. The number of para-hydroxylation sites is 2. The number of furan rings is 1. The number of fused-ring (bicyclic) bond motifs is 5. The first-order valence-electron chi connectivity index (χ1n) is 14.6. The Morgan fingerprint density at radius 1 is 0.558 bits per heavy atom. The Labute approximate surface area is 250 Å². The summed E-state index contributed by atoms with van der Waals surface area (Å²) in [5, 5.41) is 2.28. The summed E-state index contributed by atoms with van der Waals surface area (Å²) in [5.74, 6) is 0.0296. The first-order chi connectivity index (χ1) is 21.0. The molecule has 1 aliphatic heterocycles. The molecule has 0 radical (unpaired) electrons. The van der Waals surface area contributed by atoms with E-state index in [1.54, 1.807) is 0 Å².